The van der Waals surface area contributed by atoms with Gasteiger partial charge in [0.25, 0.3) is 5.91 Å². The standard InChI is InChI=1S/C22H20N4O3S2/c1-2-31(28,29)19-13-6-3-8-15(19)21(27)24-20-14-9-7-11-16(14)25-26(20)22-23-17-10-4-5-12-18(17)30-22/h3-6,8,10,12-13H,2,7,9,11H2,1H3,(H,24,27). The summed E-state index contributed by atoms with van der Waals surface area (Å²) in [5.74, 6) is 0.0286. The molecule has 0 unspecified atom stereocenters. The average Bonchev–Trinajstić information content (AvgIpc) is 3.48. The maximum atomic E-state index is 13.2. The van der Waals surface area contributed by atoms with Gasteiger partial charge in [-0.25, -0.2) is 13.4 Å². The molecule has 2 aromatic carbocycles. The summed E-state index contributed by atoms with van der Waals surface area (Å²) >= 11 is 1.50. The van der Waals surface area contributed by atoms with Crippen LogP contribution < -0.4 is 5.32 Å². The van der Waals surface area contributed by atoms with E-state index in [1.54, 1.807) is 23.7 Å². The molecule has 1 aliphatic carbocycles. The Bertz CT molecular complexity index is 1390. The number of hydrogen-bond acceptors (Lipinski definition) is 6. The number of aromatic nitrogens is 3. The number of aryl methyl sites for hydroxylation is 1. The Morgan fingerprint density at radius 3 is 2.71 bits per heavy atom. The van der Waals surface area contributed by atoms with Gasteiger partial charge in [0.15, 0.2) is 9.84 Å². The van der Waals surface area contributed by atoms with Gasteiger partial charge in [-0.1, -0.05) is 42.5 Å². The maximum absolute atomic E-state index is 13.2. The summed E-state index contributed by atoms with van der Waals surface area (Å²) in [6, 6.07) is 14.1. The number of thiazole rings is 1. The van der Waals surface area contributed by atoms with E-state index in [1.807, 2.05) is 24.3 Å². The van der Waals surface area contributed by atoms with Gasteiger partial charge in [-0.2, -0.15) is 9.78 Å². The van der Waals surface area contributed by atoms with Crippen molar-refractivity contribution in [3.63, 3.8) is 0 Å². The number of nitrogens with zero attached hydrogens (tertiary/aromatic N) is 3. The summed E-state index contributed by atoms with van der Waals surface area (Å²) < 4.78 is 27.7. The first-order valence-electron chi connectivity index (χ1n) is 10.1. The van der Waals surface area contributed by atoms with Gasteiger partial charge < -0.3 is 5.32 Å². The van der Waals surface area contributed by atoms with E-state index in [9.17, 15) is 13.2 Å². The fourth-order valence-corrected chi connectivity index (χ4v) is 5.88. The first-order valence-corrected chi connectivity index (χ1v) is 12.5. The molecule has 0 saturated heterocycles. The molecule has 1 amide bonds. The van der Waals surface area contributed by atoms with Gasteiger partial charge in [-0.15, -0.1) is 0 Å². The van der Waals surface area contributed by atoms with Crippen LogP contribution in [0.2, 0.25) is 0 Å². The number of fused-ring (bicyclic) bond motifs is 2. The number of benzene rings is 2. The van der Waals surface area contributed by atoms with E-state index < -0.39 is 15.7 Å². The fourth-order valence-electron chi connectivity index (χ4n) is 3.87. The third-order valence-corrected chi connectivity index (χ3v) is 8.25. The van der Waals surface area contributed by atoms with Gasteiger partial charge in [0.05, 0.1) is 32.1 Å². The van der Waals surface area contributed by atoms with Gasteiger partial charge in [0, 0.05) is 5.56 Å². The maximum Gasteiger partial charge on any atom is 0.258 e. The molecule has 31 heavy (non-hydrogen) atoms. The van der Waals surface area contributed by atoms with E-state index in [-0.39, 0.29) is 16.2 Å². The Balaban J connectivity index is 1.59. The van der Waals surface area contributed by atoms with E-state index in [0.717, 1.165) is 40.7 Å². The van der Waals surface area contributed by atoms with Crippen LogP contribution in [-0.4, -0.2) is 34.8 Å². The van der Waals surface area contributed by atoms with E-state index in [2.05, 4.69) is 10.3 Å². The summed E-state index contributed by atoms with van der Waals surface area (Å²) in [6.45, 7) is 1.57. The van der Waals surface area contributed by atoms with E-state index >= 15 is 0 Å². The molecule has 0 fully saturated rings. The highest BCUT2D eigenvalue weighted by Crippen LogP contribution is 2.34. The SMILES string of the molecule is CCS(=O)(=O)c1ccccc1C(=O)Nc1c2c(nn1-c1nc3ccccc3s1)CCC2. The molecule has 0 atom stereocenters. The molecule has 0 radical (unpaired) electrons. The first-order chi connectivity index (χ1) is 15.0. The molecular weight excluding hydrogens is 432 g/mol. The Morgan fingerprint density at radius 2 is 1.90 bits per heavy atom. The molecular formula is C22H20N4O3S2. The Morgan fingerprint density at radius 1 is 1.13 bits per heavy atom. The van der Waals surface area contributed by atoms with Crippen LogP contribution in [0.1, 0.15) is 35.0 Å². The molecule has 0 spiro atoms. The highest BCUT2D eigenvalue weighted by atomic mass is 32.2. The average molecular weight is 453 g/mol. The quantitative estimate of drug-likeness (QED) is 0.494. The van der Waals surface area contributed by atoms with Crippen molar-refractivity contribution in [1.82, 2.24) is 14.8 Å². The molecule has 0 saturated carbocycles. The zero-order valence-corrected chi connectivity index (χ0v) is 18.5. The van der Waals surface area contributed by atoms with Crippen molar-refractivity contribution in [2.75, 3.05) is 11.1 Å². The second-order valence-corrected chi connectivity index (χ2v) is 10.6. The molecule has 1 aliphatic rings. The molecule has 2 aromatic heterocycles. The van der Waals surface area contributed by atoms with Crippen LogP contribution >= 0.6 is 11.3 Å². The van der Waals surface area contributed by atoms with Gasteiger partial charge in [-0.05, 0) is 43.5 Å². The summed E-state index contributed by atoms with van der Waals surface area (Å²) in [5, 5.41) is 8.34. The lowest BCUT2D eigenvalue weighted by Crippen LogP contribution is -2.19. The van der Waals surface area contributed by atoms with Gasteiger partial charge in [0.2, 0.25) is 5.13 Å². The van der Waals surface area contributed by atoms with Crippen molar-refractivity contribution < 1.29 is 13.2 Å². The van der Waals surface area contributed by atoms with E-state index in [0.29, 0.717) is 10.9 Å². The number of amides is 1. The van der Waals surface area contributed by atoms with Crippen LogP contribution in [0, 0.1) is 0 Å². The second-order valence-electron chi connectivity index (χ2n) is 7.36. The highest BCUT2D eigenvalue weighted by Gasteiger charge is 2.27. The van der Waals surface area contributed by atoms with Crippen molar-refractivity contribution in [1.29, 1.82) is 0 Å². The van der Waals surface area contributed by atoms with Gasteiger partial charge >= 0.3 is 0 Å². The third-order valence-electron chi connectivity index (χ3n) is 5.45. The summed E-state index contributed by atoms with van der Waals surface area (Å²) in [6.07, 6.45) is 2.63. The highest BCUT2D eigenvalue weighted by molar-refractivity contribution is 7.91. The number of carbonyl (C=O) groups excluding carboxylic acids is 1. The molecule has 0 aliphatic heterocycles. The summed E-state index contributed by atoms with van der Waals surface area (Å²) in [4.78, 5) is 17.9. The minimum atomic E-state index is -3.54. The third kappa shape index (κ3) is 3.43. The monoisotopic (exact) mass is 452 g/mol. The zero-order chi connectivity index (χ0) is 21.6. The Labute approximate surface area is 183 Å². The lowest BCUT2D eigenvalue weighted by molar-refractivity contribution is 0.102. The minimum absolute atomic E-state index is 0.0395. The van der Waals surface area contributed by atoms with Crippen LogP contribution in [-0.2, 0) is 22.7 Å². The van der Waals surface area contributed by atoms with Gasteiger partial charge in [-0.3, -0.25) is 4.79 Å². The number of hydrogen-bond donors (Lipinski definition) is 1. The Hall–Kier alpha value is -3.04. The predicted molar refractivity (Wildman–Crippen MR) is 121 cm³/mol. The van der Waals surface area contributed by atoms with Crippen LogP contribution in [0.3, 0.4) is 0 Å². The van der Waals surface area contributed by atoms with Crippen molar-refractivity contribution in [2.45, 2.75) is 31.1 Å². The number of rotatable bonds is 5. The summed E-state index contributed by atoms with van der Waals surface area (Å²) in [7, 11) is -3.54. The minimum Gasteiger partial charge on any atom is -0.306 e. The lowest BCUT2D eigenvalue weighted by atomic mass is 10.2. The molecule has 4 aromatic rings. The molecule has 0 bridgehead atoms. The normalized spacial score (nSPS) is 13.5. The fraction of sp³-hybridized carbons (Fsp3) is 0.227. The topological polar surface area (TPSA) is 94.0 Å². The van der Waals surface area contributed by atoms with Crippen molar-refractivity contribution >= 4 is 43.1 Å². The summed E-state index contributed by atoms with van der Waals surface area (Å²) in [5.41, 5.74) is 2.94. The van der Waals surface area contributed by atoms with Crippen LogP contribution in [0.15, 0.2) is 53.4 Å². The largest absolute Gasteiger partial charge is 0.306 e. The van der Waals surface area contributed by atoms with Crippen LogP contribution in [0.25, 0.3) is 15.3 Å². The molecule has 7 nitrogen and oxygen atoms in total. The van der Waals surface area contributed by atoms with Gasteiger partial charge in [0.1, 0.15) is 5.82 Å². The number of para-hydroxylation sites is 1. The van der Waals surface area contributed by atoms with Crippen molar-refractivity contribution in [3.8, 4) is 5.13 Å². The number of nitrogens with one attached hydrogen (secondary N) is 1. The van der Waals surface area contributed by atoms with Crippen LogP contribution in [0.5, 0.6) is 0 Å². The molecule has 158 valence electrons. The first kappa shape index (κ1) is 19.9. The van der Waals surface area contributed by atoms with E-state index in [4.69, 9.17) is 5.10 Å². The molecule has 9 heteroatoms. The number of sulfone groups is 1. The molecule has 1 N–H and O–H groups in total. The lowest BCUT2D eigenvalue weighted by Gasteiger charge is -2.12. The second kappa shape index (κ2) is 7.58. The molecule has 5 rings (SSSR count). The van der Waals surface area contributed by atoms with Crippen LogP contribution in [0.4, 0.5) is 5.82 Å². The number of anilines is 1. The van der Waals surface area contributed by atoms with Crippen molar-refractivity contribution in [3.05, 3.63) is 65.4 Å². The predicted octanol–water partition coefficient (Wildman–Crippen LogP) is 4.02. The number of carbonyl (C=O) groups is 1. The van der Waals surface area contributed by atoms with Crippen molar-refractivity contribution in [2.24, 2.45) is 0 Å². The Kier molecular flexibility index (Phi) is 4.86. The van der Waals surface area contributed by atoms with E-state index in [1.165, 1.54) is 23.5 Å². The smallest absolute Gasteiger partial charge is 0.258 e. The zero-order valence-electron chi connectivity index (χ0n) is 16.8. The molecule has 2 heterocycles.